The summed E-state index contributed by atoms with van der Waals surface area (Å²) >= 11 is 0. The van der Waals surface area contributed by atoms with Gasteiger partial charge in [0.25, 0.3) is 0 Å². The van der Waals surface area contributed by atoms with E-state index in [4.69, 9.17) is 0 Å². The Morgan fingerprint density at radius 3 is 2.56 bits per heavy atom. The summed E-state index contributed by atoms with van der Waals surface area (Å²) < 4.78 is 22.0. The molecule has 0 aliphatic heterocycles. The zero-order chi connectivity index (χ0) is 13.8. The Balaban J connectivity index is 2.55. The normalized spacial score (nSPS) is 11.8. The second-order valence-electron chi connectivity index (χ2n) is 4.66. The Kier molecular flexibility index (Phi) is 5.04. The van der Waals surface area contributed by atoms with Crippen molar-refractivity contribution in [2.24, 2.45) is 0 Å². The number of aryl methyl sites for hydroxylation is 1. The number of hydrogen-bond donors (Lipinski definition) is 0. The third kappa shape index (κ3) is 5.42. The van der Waals surface area contributed by atoms with Crippen molar-refractivity contribution < 1.29 is 13.2 Å². The van der Waals surface area contributed by atoms with Gasteiger partial charge in [-0.2, -0.15) is 0 Å². The SMILES string of the molecule is Cc1cccc(C(=O)CN(C)CCS(C)(=O)=O)c1. The molecule has 0 fully saturated rings. The Morgan fingerprint density at radius 1 is 1.33 bits per heavy atom. The minimum atomic E-state index is -2.98. The lowest BCUT2D eigenvalue weighted by molar-refractivity contribution is 0.0949. The summed E-state index contributed by atoms with van der Waals surface area (Å²) in [6.45, 7) is 2.54. The van der Waals surface area contributed by atoms with Gasteiger partial charge in [0.2, 0.25) is 0 Å². The van der Waals surface area contributed by atoms with Gasteiger partial charge < -0.3 is 0 Å². The number of likely N-dealkylation sites (N-methyl/N-ethyl adjacent to an activating group) is 1. The van der Waals surface area contributed by atoms with E-state index in [1.54, 1.807) is 18.0 Å². The first-order valence-electron chi connectivity index (χ1n) is 5.74. The number of carbonyl (C=O) groups excluding carboxylic acids is 1. The van der Waals surface area contributed by atoms with E-state index >= 15 is 0 Å². The van der Waals surface area contributed by atoms with E-state index in [-0.39, 0.29) is 18.1 Å². The van der Waals surface area contributed by atoms with Crippen LogP contribution in [0.3, 0.4) is 0 Å². The fraction of sp³-hybridized carbons (Fsp3) is 0.462. The molecule has 100 valence electrons. The average molecular weight is 269 g/mol. The van der Waals surface area contributed by atoms with Crippen molar-refractivity contribution in [2.75, 3.05) is 32.1 Å². The molecule has 0 heterocycles. The van der Waals surface area contributed by atoms with E-state index < -0.39 is 9.84 Å². The first kappa shape index (κ1) is 14.9. The molecule has 1 aromatic carbocycles. The molecule has 0 saturated heterocycles. The second kappa shape index (κ2) is 6.11. The van der Waals surface area contributed by atoms with Gasteiger partial charge in [0.1, 0.15) is 9.84 Å². The van der Waals surface area contributed by atoms with Crippen LogP contribution in [0.25, 0.3) is 0 Å². The molecule has 0 saturated carbocycles. The molecule has 0 radical (unpaired) electrons. The highest BCUT2D eigenvalue weighted by molar-refractivity contribution is 7.90. The van der Waals surface area contributed by atoms with E-state index in [9.17, 15) is 13.2 Å². The zero-order valence-corrected chi connectivity index (χ0v) is 11.8. The first-order chi connectivity index (χ1) is 8.28. The highest BCUT2D eigenvalue weighted by Crippen LogP contribution is 2.05. The molecule has 0 atom stereocenters. The number of carbonyl (C=O) groups is 1. The largest absolute Gasteiger partial charge is 0.298 e. The lowest BCUT2D eigenvalue weighted by Gasteiger charge is -2.15. The molecule has 0 amide bonds. The average Bonchev–Trinajstić information content (AvgIpc) is 2.25. The molecular formula is C13H19NO3S. The van der Waals surface area contributed by atoms with Crippen LogP contribution in [0.5, 0.6) is 0 Å². The van der Waals surface area contributed by atoms with Crippen LogP contribution in [0.2, 0.25) is 0 Å². The third-order valence-electron chi connectivity index (χ3n) is 2.60. The van der Waals surface area contributed by atoms with Crippen LogP contribution in [0.4, 0.5) is 0 Å². The van der Waals surface area contributed by atoms with Crippen molar-refractivity contribution >= 4 is 15.6 Å². The molecule has 0 N–H and O–H groups in total. The molecule has 0 aliphatic carbocycles. The molecule has 1 aromatic rings. The summed E-state index contributed by atoms with van der Waals surface area (Å²) in [4.78, 5) is 13.7. The molecule has 5 heteroatoms. The van der Waals surface area contributed by atoms with E-state index in [0.29, 0.717) is 12.1 Å². The van der Waals surface area contributed by atoms with Crippen LogP contribution < -0.4 is 0 Å². The van der Waals surface area contributed by atoms with Crippen LogP contribution in [0, 0.1) is 6.92 Å². The van der Waals surface area contributed by atoms with Crippen molar-refractivity contribution in [1.82, 2.24) is 4.90 Å². The number of benzene rings is 1. The third-order valence-corrected chi connectivity index (χ3v) is 3.52. The highest BCUT2D eigenvalue weighted by atomic mass is 32.2. The zero-order valence-electron chi connectivity index (χ0n) is 11.0. The molecule has 0 bridgehead atoms. The number of sulfone groups is 1. The first-order valence-corrected chi connectivity index (χ1v) is 7.80. The maximum absolute atomic E-state index is 11.9. The van der Waals surface area contributed by atoms with Crippen LogP contribution in [-0.2, 0) is 9.84 Å². The fourth-order valence-electron chi connectivity index (χ4n) is 1.56. The molecule has 0 spiro atoms. The van der Waals surface area contributed by atoms with Gasteiger partial charge in [-0.1, -0.05) is 23.8 Å². The van der Waals surface area contributed by atoms with E-state index in [1.165, 1.54) is 6.26 Å². The molecule has 0 aromatic heterocycles. The van der Waals surface area contributed by atoms with E-state index in [0.717, 1.165) is 5.56 Å². The van der Waals surface area contributed by atoms with Crippen molar-refractivity contribution in [1.29, 1.82) is 0 Å². The van der Waals surface area contributed by atoms with Gasteiger partial charge in [-0.3, -0.25) is 9.69 Å². The van der Waals surface area contributed by atoms with Gasteiger partial charge in [-0.15, -0.1) is 0 Å². The summed E-state index contributed by atoms with van der Waals surface area (Å²) in [5, 5.41) is 0. The van der Waals surface area contributed by atoms with Gasteiger partial charge in [-0.25, -0.2) is 8.42 Å². The standard InChI is InChI=1S/C13H19NO3S/c1-11-5-4-6-12(9-11)13(15)10-14(2)7-8-18(3,16)17/h4-6,9H,7-8,10H2,1-3H3. The Hall–Kier alpha value is -1.20. The van der Waals surface area contributed by atoms with Gasteiger partial charge in [-0.05, 0) is 20.0 Å². The number of rotatable bonds is 6. The number of ketones is 1. The summed E-state index contributed by atoms with van der Waals surface area (Å²) in [5.74, 6) is 0.0830. The van der Waals surface area contributed by atoms with Crippen molar-refractivity contribution in [3.63, 3.8) is 0 Å². The topological polar surface area (TPSA) is 54.5 Å². The summed E-state index contributed by atoms with van der Waals surface area (Å²) in [5.41, 5.74) is 1.71. The van der Waals surface area contributed by atoms with Crippen LogP contribution in [0.1, 0.15) is 15.9 Å². The number of nitrogens with zero attached hydrogens (tertiary/aromatic N) is 1. The fourth-order valence-corrected chi connectivity index (χ4v) is 2.20. The van der Waals surface area contributed by atoms with Crippen LogP contribution in [-0.4, -0.2) is 51.2 Å². The molecule has 0 unspecified atom stereocenters. The molecule has 0 aliphatic rings. The molecular weight excluding hydrogens is 250 g/mol. The predicted molar refractivity (Wildman–Crippen MR) is 72.7 cm³/mol. The van der Waals surface area contributed by atoms with Crippen molar-refractivity contribution in [2.45, 2.75) is 6.92 Å². The summed E-state index contributed by atoms with van der Waals surface area (Å²) in [7, 11) is -1.23. The van der Waals surface area contributed by atoms with E-state index in [1.807, 2.05) is 25.1 Å². The quantitative estimate of drug-likeness (QED) is 0.727. The maximum Gasteiger partial charge on any atom is 0.176 e. The van der Waals surface area contributed by atoms with Gasteiger partial charge in [0, 0.05) is 18.4 Å². The highest BCUT2D eigenvalue weighted by Gasteiger charge is 2.11. The maximum atomic E-state index is 11.9. The smallest absolute Gasteiger partial charge is 0.176 e. The van der Waals surface area contributed by atoms with Gasteiger partial charge in [0.05, 0.1) is 12.3 Å². The Labute approximate surface area is 109 Å². The Bertz CT molecular complexity index is 523. The lowest BCUT2D eigenvalue weighted by Crippen LogP contribution is -2.30. The molecule has 4 nitrogen and oxygen atoms in total. The second-order valence-corrected chi connectivity index (χ2v) is 6.92. The summed E-state index contributed by atoms with van der Waals surface area (Å²) in [6, 6.07) is 7.40. The van der Waals surface area contributed by atoms with Crippen LogP contribution in [0.15, 0.2) is 24.3 Å². The van der Waals surface area contributed by atoms with Crippen molar-refractivity contribution in [3.8, 4) is 0 Å². The van der Waals surface area contributed by atoms with E-state index in [2.05, 4.69) is 0 Å². The predicted octanol–water partition coefficient (Wildman–Crippen LogP) is 1.15. The van der Waals surface area contributed by atoms with Gasteiger partial charge in [0.15, 0.2) is 5.78 Å². The monoisotopic (exact) mass is 269 g/mol. The minimum absolute atomic E-state index is 0.00898. The Morgan fingerprint density at radius 2 is 2.00 bits per heavy atom. The van der Waals surface area contributed by atoms with Gasteiger partial charge >= 0.3 is 0 Å². The number of Topliss-reactive ketones (excluding diaryl/α,β-unsaturated/α-hetero) is 1. The molecule has 18 heavy (non-hydrogen) atoms. The van der Waals surface area contributed by atoms with Crippen LogP contribution >= 0.6 is 0 Å². The molecule has 1 rings (SSSR count). The van der Waals surface area contributed by atoms with Crippen molar-refractivity contribution in [3.05, 3.63) is 35.4 Å². The summed E-state index contributed by atoms with van der Waals surface area (Å²) in [6.07, 6.45) is 1.20. The minimum Gasteiger partial charge on any atom is -0.298 e. The lowest BCUT2D eigenvalue weighted by atomic mass is 10.1. The number of hydrogen-bond acceptors (Lipinski definition) is 4.